The first-order valence-electron chi connectivity index (χ1n) is 6.11. The fourth-order valence-electron chi connectivity index (χ4n) is 2.00. The number of phenolic OH excluding ortho intramolecular Hbond substituents is 1. The summed E-state index contributed by atoms with van der Waals surface area (Å²) >= 11 is 0. The molecule has 1 amide bonds. The zero-order chi connectivity index (χ0) is 12.1. The van der Waals surface area contributed by atoms with Crippen molar-refractivity contribution in [1.29, 1.82) is 0 Å². The molecule has 2 rings (SSSR count). The van der Waals surface area contributed by atoms with Crippen LogP contribution in [-0.4, -0.2) is 29.1 Å². The van der Waals surface area contributed by atoms with Gasteiger partial charge in [0.15, 0.2) is 0 Å². The SMILES string of the molecule is O=C(NN1CCCCCC1)c1ccc(O)cc1. The summed E-state index contributed by atoms with van der Waals surface area (Å²) < 4.78 is 0. The van der Waals surface area contributed by atoms with E-state index in [1.807, 2.05) is 5.01 Å². The van der Waals surface area contributed by atoms with Crippen LogP contribution in [0.1, 0.15) is 36.0 Å². The van der Waals surface area contributed by atoms with E-state index in [2.05, 4.69) is 5.43 Å². The first kappa shape index (κ1) is 11.9. The molecular weight excluding hydrogens is 216 g/mol. The molecule has 0 spiro atoms. The van der Waals surface area contributed by atoms with Crippen molar-refractivity contribution in [1.82, 2.24) is 10.4 Å². The molecule has 0 radical (unpaired) electrons. The molecule has 0 unspecified atom stereocenters. The average Bonchev–Trinajstić information content (AvgIpc) is 2.58. The van der Waals surface area contributed by atoms with Gasteiger partial charge in [-0.2, -0.15) is 0 Å². The second-order valence-electron chi connectivity index (χ2n) is 4.39. The van der Waals surface area contributed by atoms with Crippen LogP contribution in [0.4, 0.5) is 0 Å². The van der Waals surface area contributed by atoms with Crippen LogP contribution in [0.15, 0.2) is 24.3 Å². The Hall–Kier alpha value is -1.55. The number of rotatable bonds is 2. The number of aromatic hydroxyl groups is 1. The zero-order valence-corrected chi connectivity index (χ0v) is 9.85. The van der Waals surface area contributed by atoms with Crippen molar-refractivity contribution in [3.8, 4) is 5.75 Å². The quantitative estimate of drug-likeness (QED) is 0.822. The van der Waals surface area contributed by atoms with E-state index in [1.165, 1.54) is 25.0 Å². The highest BCUT2D eigenvalue weighted by atomic mass is 16.3. The third kappa shape index (κ3) is 3.46. The molecule has 92 valence electrons. The van der Waals surface area contributed by atoms with Gasteiger partial charge in [0.05, 0.1) is 0 Å². The summed E-state index contributed by atoms with van der Waals surface area (Å²) in [6, 6.07) is 6.31. The first-order chi connectivity index (χ1) is 8.25. The van der Waals surface area contributed by atoms with Crippen molar-refractivity contribution in [3.63, 3.8) is 0 Å². The van der Waals surface area contributed by atoms with Crippen LogP contribution in [0.5, 0.6) is 5.75 Å². The predicted octanol–water partition coefficient (Wildman–Crippen LogP) is 1.91. The molecule has 1 aliphatic heterocycles. The fraction of sp³-hybridized carbons (Fsp3) is 0.462. The Morgan fingerprint density at radius 2 is 1.65 bits per heavy atom. The van der Waals surface area contributed by atoms with Gasteiger partial charge in [-0.1, -0.05) is 12.8 Å². The lowest BCUT2D eigenvalue weighted by Gasteiger charge is -2.20. The normalized spacial score (nSPS) is 17.4. The second-order valence-corrected chi connectivity index (χ2v) is 4.39. The Bertz CT molecular complexity index is 368. The van der Waals surface area contributed by atoms with Crippen LogP contribution in [0.2, 0.25) is 0 Å². The van der Waals surface area contributed by atoms with Crippen LogP contribution in [0.25, 0.3) is 0 Å². The molecule has 1 aromatic rings. The largest absolute Gasteiger partial charge is 0.508 e. The summed E-state index contributed by atoms with van der Waals surface area (Å²) in [5.41, 5.74) is 3.48. The van der Waals surface area contributed by atoms with Gasteiger partial charge < -0.3 is 5.11 Å². The first-order valence-corrected chi connectivity index (χ1v) is 6.11. The molecule has 0 atom stereocenters. The van der Waals surface area contributed by atoms with Gasteiger partial charge in [0.2, 0.25) is 0 Å². The highest BCUT2D eigenvalue weighted by Gasteiger charge is 2.12. The maximum absolute atomic E-state index is 11.9. The van der Waals surface area contributed by atoms with Crippen LogP contribution >= 0.6 is 0 Å². The summed E-state index contributed by atoms with van der Waals surface area (Å²) in [5.74, 6) is 0.0724. The van der Waals surface area contributed by atoms with E-state index in [-0.39, 0.29) is 11.7 Å². The molecule has 4 nitrogen and oxygen atoms in total. The van der Waals surface area contributed by atoms with Crippen molar-refractivity contribution in [2.75, 3.05) is 13.1 Å². The Labute approximate surface area is 101 Å². The van der Waals surface area contributed by atoms with Gasteiger partial charge in [-0.05, 0) is 37.1 Å². The minimum absolute atomic E-state index is 0.105. The Morgan fingerprint density at radius 3 is 2.24 bits per heavy atom. The highest BCUT2D eigenvalue weighted by molar-refractivity contribution is 5.93. The summed E-state index contributed by atoms with van der Waals surface area (Å²) in [6.45, 7) is 1.84. The molecule has 1 aliphatic rings. The molecule has 0 saturated carbocycles. The molecule has 1 saturated heterocycles. The molecule has 4 heteroatoms. The summed E-state index contributed by atoms with van der Waals surface area (Å²) in [6.07, 6.45) is 4.75. The molecule has 17 heavy (non-hydrogen) atoms. The standard InChI is InChI=1S/C13H18N2O2/c16-12-7-5-11(6-8-12)13(17)14-15-9-3-1-2-4-10-15/h5-8,16H,1-4,9-10H2,(H,14,17). The predicted molar refractivity (Wildman–Crippen MR) is 65.6 cm³/mol. The lowest BCUT2D eigenvalue weighted by molar-refractivity contribution is 0.0794. The molecule has 1 heterocycles. The third-order valence-electron chi connectivity index (χ3n) is 3.00. The number of amides is 1. The number of nitrogens with one attached hydrogen (secondary N) is 1. The minimum Gasteiger partial charge on any atom is -0.508 e. The lowest BCUT2D eigenvalue weighted by Crippen LogP contribution is -2.42. The van der Waals surface area contributed by atoms with Crippen molar-refractivity contribution in [3.05, 3.63) is 29.8 Å². The number of phenols is 1. The lowest BCUT2D eigenvalue weighted by atomic mass is 10.2. The fourth-order valence-corrected chi connectivity index (χ4v) is 2.00. The van der Waals surface area contributed by atoms with Crippen molar-refractivity contribution in [2.45, 2.75) is 25.7 Å². The zero-order valence-electron chi connectivity index (χ0n) is 9.85. The third-order valence-corrected chi connectivity index (χ3v) is 3.00. The van der Waals surface area contributed by atoms with E-state index in [9.17, 15) is 4.79 Å². The van der Waals surface area contributed by atoms with E-state index < -0.39 is 0 Å². The Kier molecular flexibility index (Phi) is 3.98. The van der Waals surface area contributed by atoms with E-state index in [0.717, 1.165) is 25.9 Å². The van der Waals surface area contributed by atoms with Crippen LogP contribution in [-0.2, 0) is 0 Å². The summed E-state index contributed by atoms with van der Waals surface area (Å²) in [7, 11) is 0. The van der Waals surface area contributed by atoms with Crippen molar-refractivity contribution < 1.29 is 9.90 Å². The smallest absolute Gasteiger partial charge is 0.265 e. The molecule has 0 bridgehead atoms. The van der Waals surface area contributed by atoms with Gasteiger partial charge in [0.1, 0.15) is 5.75 Å². The van der Waals surface area contributed by atoms with E-state index in [1.54, 1.807) is 12.1 Å². The highest BCUT2D eigenvalue weighted by Crippen LogP contribution is 2.11. The molecule has 1 fully saturated rings. The Morgan fingerprint density at radius 1 is 1.06 bits per heavy atom. The number of hydrazine groups is 1. The minimum atomic E-state index is -0.105. The maximum atomic E-state index is 11.9. The summed E-state index contributed by atoms with van der Waals surface area (Å²) in [4.78, 5) is 11.9. The van der Waals surface area contributed by atoms with E-state index in [0.29, 0.717) is 5.56 Å². The molecule has 2 N–H and O–H groups in total. The number of carbonyl (C=O) groups is 1. The van der Waals surface area contributed by atoms with Gasteiger partial charge in [0.25, 0.3) is 5.91 Å². The average molecular weight is 234 g/mol. The second kappa shape index (κ2) is 5.68. The van der Waals surface area contributed by atoms with Gasteiger partial charge in [-0.3, -0.25) is 10.2 Å². The summed E-state index contributed by atoms with van der Waals surface area (Å²) in [5, 5.41) is 11.1. The van der Waals surface area contributed by atoms with E-state index >= 15 is 0 Å². The number of hydrogen-bond acceptors (Lipinski definition) is 3. The van der Waals surface area contributed by atoms with Crippen molar-refractivity contribution >= 4 is 5.91 Å². The number of nitrogens with zero attached hydrogens (tertiary/aromatic N) is 1. The van der Waals surface area contributed by atoms with Crippen molar-refractivity contribution in [2.24, 2.45) is 0 Å². The van der Waals surface area contributed by atoms with Gasteiger partial charge in [-0.15, -0.1) is 0 Å². The van der Waals surface area contributed by atoms with Crippen LogP contribution < -0.4 is 5.43 Å². The monoisotopic (exact) mass is 234 g/mol. The maximum Gasteiger partial charge on any atom is 0.265 e. The number of benzene rings is 1. The van der Waals surface area contributed by atoms with Crippen LogP contribution in [0.3, 0.4) is 0 Å². The van der Waals surface area contributed by atoms with Gasteiger partial charge in [-0.25, -0.2) is 5.01 Å². The molecule has 1 aromatic carbocycles. The Balaban J connectivity index is 1.93. The molecular formula is C13H18N2O2. The van der Waals surface area contributed by atoms with E-state index in [4.69, 9.17) is 5.11 Å². The van der Waals surface area contributed by atoms with Gasteiger partial charge in [0, 0.05) is 18.7 Å². The number of hydrogen-bond donors (Lipinski definition) is 2. The van der Waals surface area contributed by atoms with Crippen LogP contribution in [0, 0.1) is 0 Å². The topological polar surface area (TPSA) is 52.6 Å². The number of carbonyl (C=O) groups excluding carboxylic acids is 1. The molecule has 0 aliphatic carbocycles. The molecule has 0 aromatic heterocycles. The van der Waals surface area contributed by atoms with Gasteiger partial charge >= 0.3 is 0 Å².